The van der Waals surface area contributed by atoms with E-state index in [0.29, 0.717) is 6.42 Å². The molecule has 1 amide bonds. The van der Waals surface area contributed by atoms with Crippen LogP contribution in [0.1, 0.15) is 31.9 Å². The third-order valence-electron chi connectivity index (χ3n) is 2.17. The maximum Gasteiger partial charge on any atom is 0.220 e. The fourth-order valence-corrected chi connectivity index (χ4v) is 1.33. The lowest BCUT2D eigenvalue weighted by Crippen LogP contribution is -2.32. The molecule has 0 heterocycles. The molecule has 1 atom stereocenters. The topological polar surface area (TPSA) is 46.2 Å². The third kappa shape index (κ3) is 3.20. The summed E-state index contributed by atoms with van der Waals surface area (Å²) in [6.07, 6.45) is 0.386. The van der Waals surface area contributed by atoms with Gasteiger partial charge in [-0.3, -0.25) is 9.59 Å². The van der Waals surface area contributed by atoms with E-state index in [9.17, 15) is 9.59 Å². The second-order valence-corrected chi connectivity index (χ2v) is 3.38. The average molecular weight is 205 g/mol. The van der Waals surface area contributed by atoms with Crippen LogP contribution in [0.5, 0.6) is 0 Å². The number of ketones is 1. The van der Waals surface area contributed by atoms with E-state index < -0.39 is 6.04 Å². The van der Waals surface area contributed by atoms with Gasteiger partial charge in [0.25, 0.3) is 0 Å². The molecule has 15 heavy (non-hydrogen) atoms. The Kier molecular flexibility index (Phi) is 4.03. The van der Waals surface area contributed by atoms with Gasteiger partial charge in [-0.15, -0.1) is 0 Å². The predicted octanol–water partition coefficient (Wildman–Crippen LogP) is 1.84. The summed E-state index contributed by atoms with van der Waals surface area (Å²) in [4.78, 5) is 22.6. The lowest BCUT2D eigenvalue weighted by Gasteiger charge is -2.15. The summed E-state index contributed by atoms with van der Waals surface area (Å²) in [6, 6.07) is 8.73. The molecule has 0 aromatic heterocycles. The van der Waals surface area contributed by atoms with E-state index in [1.807, 2.05) is 30.3 Å². The van der Waals surface area contributed by atoms with Crippen LogP contribution < -0.4 is 5.32 Å². The van der Waals surface area contributed by atoms with Crippen LogP contribution in [0.25, 0.3) is 0 Å². The van der Waals surface area contributed by atoms with E-state index in [1.54, 1.807) is 6.92 Å². The summed E-state index contributed by atoms with van der Waals surface area (Å²) in [5.74, 6) is -0.165. The van der Waals surface area contributed by atoms with Gasteiger partial charge in [-0.2, -0.15) is 0 Å². The van der Waals surface area contributed by atoms with Gasteiger partial charge in [0.1, 0.15) is 6.04 Å². The SMILES string of the molecule is CCC(=O)N[C@@H](C(C)=O)c1ccccc1. The van der Waals surface area contributed by atoms with Crippen molar-refractivity contribution in [3.05, 3.63) is 35.9 Å². The summed E-state index contributed by atoms with van der Waals surface area (Å²) < 4.78 is 0. The predicted molar refractivity (Wildman–Crippen MR) is 58.3 cm³/mol. The Hall–Kier alpha value is -1.64. The zero-order chi connectivity index (χ0) is 11.3. The van der Waals surface area contributed by atoms with Crippen LogP contribution in [-0.2, 0) is 9.59 Å². The molecular formula is C12H15NO2. The van der Waals surface area contributed by atoms with E-state index in [2.05, 4.69) is 5.32 Å². The third-order valence-corrected chi connectivity index (χ3v) is 2.17. The lowest BCUT2D eigenvalue weighted by molar-refractivity contribution is -0.126. The Bertz CT molecular complexity index is 346. The van der Waals surface area contributed by atoms with Crippen LogP contribution in [0.15, 0.2) is 30.3 Å². The van der Waals surface area contributed by atoms with Gasteiger partial charge in [0.2, 0.25) is 5.91 Å². The minimum absolute atomic E-state index is 0.0528. The van der Waals surface area contributed by atoms with Crippen molar-refractivity contribution in [2.24, 2.45) is 0 Å². The van der Waals surface area contributed by atoms with E-state index in [0.717, 1.165) is 5.56 Å². The van der Waals surface area contributed by atoms with Crippen LogP contribution in [0.3, 0.4) is 0 Å². The monoisotopic (exact) mass is 205 g/mol. The molecule has 0 fully saturated rings. The van der Waals surface area contributed by atoms with Crippen molar-refractivity contribution in [3.63, 3.8) is 0 Å². The van der Waals surface area contributed by atoms with Crippen LogP contribution in [0.4, 0.5) is 0 Å². The van der Waals surface area contributed by atoms with Crippen molar-refractivity contribution < 1.29 is 9.59 Å². The van der Waals surface area contributed by atoms with Crippen molar-refractivity contribution >= 4 is 11.7 Å². The lowest BCUT2D eigenvalue weighted by atomic mass is 10.0. The molecule has 1 N–H and O–H groups in total. The van der Waals surface area contributed by atoms with Gasteiger partial charge in [-0.1, -0.05) is 37.3 Å². The fourth-order valence-electron chi connectivity index (χ4n) is 1.33. The number of hydrogen-bond acceptors (Lipinski definition) is 2. The molecule has 0 aliphatic carbocycles. The molecule has 1 rings (SSSR count). The second kappa shape index (κ2) is 5.29. The average Bonchev–Trinajstić information content (AvgIpc) is 2.26. The Balaban J connectivity index is 2.84. The highest BCUT2D eigenvalue weighted by molar-refractivity contribution is 5.88. The smallest absolute Gasteiger partial charge is 0.220 e. The Morgan fingerprint density at radius 1 is 1.27 bits per heavy atom. The Morgan fingerprint density at radius 3 is 2.33 bits per heavy atom. The maximum absolute atomic E-state index is 11.4. The minimum Gasteiger partial charge on any atom is -0.342 e. The van der Waals surface area contributed by atoms with Crippen molar-refractivity contribution in [2.75, 3.05) is 0 Å². The highest BCUT2D eigenvalue weighted by Gasteiger charge is 2.17. The number of benzene rings is 1. The molecule has 3 nitrogen and oxygen atoms in total. The van der Waals surface area contributed by atoms with E-state index >= 15 is 0 Å². The molecule has 3 heteroatoms. The number of Topliss-reactive ketones (excluding diaryl/α,β-unsaturated/α-hetero) is 1. The zero-order valence-electron chi connectivity index (χ0n) is 8.99. The van der Waals surface area contributed by atoms with Crippen LogP contribution >= 0.6 is 0 Å². The first kappa shape index (κ1) is 11.4. The van der Waals surface area contributed by atoms with Crippen LogP contribution in [-0.4, -0.2) is 11.7 Å². The molecule has 1 aromatic carbocycles. The number of rotatable bonds is 4. The summed E-state index contributed by atoms with van der Waals surface area (Å²) in [5.41, 5.74) is 0.826. The molecule has 80 valence electrons. The molecule has 1 aromatic rings. The van der Waals surface area contributed by atoms with Gasteiger partial charge in [0.15, 0.2) is 5.78 Å². The molecule has 0 aliphatic heterocycles. The molecule has 0 aliphatic rings. The van der Waals surface area contributed by atoms with E-state index in [1.165, 1.54) is 6.92 Å². The van der Waals surface area contributed by atoms with Gasteiger partial charge in [0, 0.05) is 6.42 Å². The quantitative estimate of drug-likeness (QED) is 0.815. The fraction of sp³-hybridized carbons (Fsp3) is 0.333. The van der Waals surface area contributed by atoms with Gasteiger partial charge in [-0.25, -0.2) is 0 Å². The summed E-state index contributed by atoms with van der Waals surface area (Å²) in [7, 11) is 0. The van der Waals surface area contributed by atoms with Crippen molar-refractivity contribution in [1.82, 2.24) is 5.32 Å². The maximum atomic E-state index is 11.4. The Labute approximate surface area is 89.5 Å². The van der Waals surface area contributed by atoms with Crippen molar-refractivity contribution in [2.45, 2.75) is 26.3 Å². The second-order valence-electron chi connectivity index (χ2n) is 3.38. The molecular weight excluding hydrogens is 190 g/mol. The first-order chi connectivity index (χ1) is 7.15. The number of carbonyl (C=O) groups is 2. The van der Waals surface area contributed by atoms with Crippen molar-refractivity contribution in [1.29, 1.82) is 0 Å². The van der Waals surface area contributed by atoms with Crippen LogP contribution in [0.2, 0.25) is 0 Å². The highest BCUT2D eigenvalue weighted by Crippen LogP contribution is 2.13. The molecule has 0 radical (unpaired) electrons. The zero-order valence-corrected chi connectivity index (χ0v) is 8.99. The normalized spacial score (nSPS) is 11.9. The summed E-state index contributed by atoms with van der Waals surface area (Å²) in [6.45, 7) is 3.24. The molecule has 0 spiro atoms. The van der Waals surface area contributed by atoms with E-state index in [-0.39, 0.29) is 11.7 Å². The molecule has 0 unspecified atom stereocenters. The Morgan fingerprint density at radius 2 is 1.87 bits per heavy atom. The molecule has 0 bridgehead atoms. The minimum atomic E-state index is -0.515. The van der Waals surface area contributed by atoms with Gasteiger partial charge >= 0.3 is 0 Å². The number of carbonyl (C=O) groups excluding carboxylic acids is 2. The highest BCUT2D eigenvalue weighted by atomic mass is 16.2. The number of amides is 1. The van der Waals surface area contributed by atoms with Crippen LogP contribution in [0, 0.1) is 0 Å². The van der Waals surface area contributed by atoms with Gasteiger partial charge < -0.3 is 5.32 Å². The van der Waals surface area contributed by atoms with E-state index in [4.69, 9.17) is 0 Å². The first-order valence-electron chi connectivity index (χ1n) is 5.00. The number of hydrogen-bond donors (Lipinski definition) is 1. The van der Waals surface area contributed by atoms with Gasteiger partial charge in [-0.05, 0) is 12.5 Å². The standard InChI is InChI=1S/C12H15NO2/c1-3-11(15)13-12(9(2)14)10-7-5-4-6-8-10/h4-8,12H,3H2,1-2H3,(H,13,15)/t12-/m0/s1. The largest absolute Gasteiger partial charge is 0.342 e. The molecule has 0 saturated carbocycles. The molecule has 0 saturated heterocycles. The summed E-state index contributed by atoms with van der Waals surface area (Å²) >= 11 is 0. The number of nitrogens with one attached hydrogen (secondary N) is 1. The first-order valence-corrected chi connectivity index (χ1v) is 5.00. The van der Waals surface area contributed by atoms with Gasteiger partial charge in [0.05, 0.1) is 0 Å². The van der Waals surface area contributed by atoms with Crippen molar-refractivity contribution in [3.8, 4) is 0 Å². The summed E-state index contributed by atoms with van der Waals surface area (Å²) in [5, 5.41) is 2.69.